The van der Waals surface area contributed by atoms with Gasteiger partial charge in [-0.05, 0) is 36.9 Å². The zero-order valence-electron chi connectivity index (χ0n) is 16.1. The highest BCUT2D eigenvalue weighted by Crippen LogP contribution is 2.31. The van der Waals surface area contributed by atoms with Crippen LogP contribution in [-0.2, 0) is 11.2 Å². The molecule has 3 rings (SSSR count). The van der Waals surface area contributed by atoms with Crippen LogP contribution in [-0.4, -0.2) is 42.0 Å². The van der Waals surface area contributed by atoms with E-state index in [1.54, 1.807) is 11.3 Å². The van der Waals surface area contributed by atoms with Gasteiger partial charge in [0.05, 0.1) is 16.6 Å². The Morgan fingerprint density at radius 3 is 2.46 bits per heavy atom. The molecule has 0 bridgehead atoms. The van der Waals surface area contributed by atoms with Crippen molar-refractivity contribution in [3.8, 4) is 0 Å². The summed E-state index contributed by atoms with van der Waals surface area (Å²) >= 11 is 5.08. The van der Waals surface area contributed by atoms with Crippen LogP contribution in [0.5, 0.6) is 0 Å². The van der Waals surface area contributed by atoms with Gasteiger partial charge in [-0.1, -0.05) is 71.4 Å². The van der Waals surface area contributed by atoms with Gasteiger partial charge in [-0.2, -0.15) is 0 Å². The van der Waals surface area contributed by atoms with Crippen LogP contribution in [0, 0.1) is 0 Å². The molecule has 0 radical (unpaired) electrons. The highest BCUT2D eigenvalue weighted by Gasteiger charge is 2.20. The van der Waals surface area contributed by atoms with Gasteiger partial charge in [0.25, 0.3) is 0 Å². The minimum absolute atomic E-state index is 0. The summed E-state index contributed by atoms with van der Waals surface area (Å²) in [5.74, 6) is 0.0893. The minimum atomic E-state index is 0. The van der Waals surface area contributed by atoms with Crippen molar-refractivity contribution in [1.29, 1.82) is 0 Å². The lowest BCUT2D eigenvalue weighted by atomic mass is 10.1. The van der Waals surface area contributed by atoms with Gasteiger partial charge >= 0.3 is 0 Å². The Hall–Kier alpha value is -1.47. The predicted octanol–water partition coefficient (Wildman–Crippen LogP) is 5.40. The molecule has 1 heterocycles. The molecular weight excluding hydrogens is 458 g/mol. The Labute approximate surface area is 185 Å². The summed E-state index contributed by atoms with van der Waals surface area (Å²) in [6, 6.07) is 15.9. The lowest BCUT2D eigenvalue weighted by Crippen LogP contribution is -2.39. The van der Waals surface area contributed by atoms with E-state index in [4.69, 9.17) is 4.98 Å². The van der Waals surface area contributed by atoms with Crippen LogP contribution in [0.25, 0.3) is 10.2 Å². The Bertz CT molecular complexity index is 899. The number of anilines is 1. The molecule has 0 N–H and O–H groups in total. The van der Waals surface area contributed by atoms with E-state index in [9.17, 15) is 4.79 Å². The number of carbonyl (C=O) groups excluding carboxylic acids is 1. The molecule has 0 aliphatic heterocycles. The van der Waals surface area contributed by atoms with Crippen molar-refractivity contribution in [2.75, 3.05) is 31.1 Å². The van der Waals surface area contributed by atoms with Crippen LogP contribution >= 0.6 is 39.7 Å². The molecular formula is C21H25BrClN3OS. The number of carbonyl (C=O) groups is 1. The quantitative estimate of drug-likeness (QED) is 0.431. The highest BCUT2D eigenvalue weighted by atomic mass is 79.9. The van der Waals surface area contributed by atoms with Gasteiger partial charge in [0, 0.05) is 17.6 Å². The van der Waals surface area contributed by atoms with E-state index in [0.29, 0.717) is 13.0 Å². The van der Waals surface area contributed by atoms with Gasteiger partial charge in [-0.15, -0.1) is 12.4 Å². The molecule has 28 heavy (non-hydrogen) atoms. The summed E-state index contributed by atoms with van der Waals surface area (Å²) in [6.45, 7) is 7.74. The average Bonchev–Trinajstić information content (AvgIpc) is 3.08. The van der Waals surface area contributed by atoms with Crippen molar-refractivity contribution in [2.45, 2.75) is 20.3 Å². The standard InChI is InChI=1S/C21H24BrN3OS.ClH/c1-3-24(4-2)12-13-25(20(26)14-16-8-6-5-7-9-16)21-23-18-11-10-17(22)15-19(18)27-21;/h5-11,15H,3-4,12-14H2,1-2H3;1H. The Morgan fingerprint density at radius 1 is 1.07 bits per heavy atom. The zero-order chi connectivity index (χ0) is 19.2. The zero-order valence-corrected chi connectivity index (χ0v) is 19.3. The van der Waals surface area contributed by atoms with Crippen molar-refractivity contribution in [3.63, 3.8) is 0 Å². The first-order valence-electron chi connectivity index (χ1n) is 9.23. The molecule has 1 amide bonds. The maximum atomic E-state index is 13.1. The first-order valence-corrected chi connectivity index (χ1v) is 10.8. The lowest BCUT2D eigenvalue weighted by molar-refractivity contribution is -0.118. The molecule has 0 spiro atoms. The summed E-state index contributed by atoms with van der Waals surface area (Å²) in [4.78, 5) is 22.0. The number of aromatic nitrogens is 1. The van der Waals surface area contributed by atoms with Crippen LogP contribution in [0.1, 0.15) is 19.4 Å². The Balaban J connectivity index is 0.00000280. The summed E-state index contributed by atoms with van der Waals surface area (Å²) in [5.41, 5.74) is 1.96. The summed E-state index contributed by atoms with van der Waals surface area (Å²) in [6.07, 6.45) is 0.388. The van der Waals surface area contributed by atoms with Crippen molar-refractivity contribution in [3.05, 3.63) is 58.6 Å². The van der Waals surface area contributed by atoms with Crippen LogP contribution in [0.15, 0.2) is 53.0 Å². The molecule has 7 heteroatoms. The molecule has 2 aromatic carbocycles. The van der Waals surface area contributed by atoms with Crippen molar-refractivity contribution >= 4 is 60.9 Å². The summed E-state index contributed by atoms with van der Waals surface area (Å²) in [5, 5.41) is 0.774. The monoisotopic (exact) mass is 481 g/mol. The fourth-order valence-electron chi connectivity index (χ4n) is 2.98. The highest BCUT2D eigenvalue weighted by molar-refractivity contribution is 9.10. The SMILES string of the molecule is CCN(CC)CCN(C(=O)Cc1ccccc1)c1nc2ccc(Br)cc2s1.Cl. The number of hydrogen-bond donors (Lipinski definition) is 0. The molecule has 3 aromatic rings. The molecule has 150 valence electrons. The van der Waals surface area contributed by atoms with E-state index in [2.05, 4.69) is 40.7 Å². The number of rotatable bonds is 8. The van der Waals surface area contributed by atoms with E-state index in [-0.39, 0.29) is 18.3 Å². The predicted molar refractivity (Wildman–Crippen MR) is 125 cm³/mol. The minimum Gasteiger partial charge on any atom is -0.302 e. The number of fused-ring (bicyclic) bond motifs is 1. The number of thiazole rings is 1. The second-order valence-electron chi connectivity index (χ2n) is 6.34. The van der Waals surface area contributed by atoms with Gasteiger partial charge in [0.1, 0.15) is 0 Å². The van der Waals surface area contributed by atoms with E-state index in [0.717, 1.165) is 45.0 Å². The Morgan fingerprint density at radius 2 is 1.79 bits per heavy atom. The lowest BCUT2D eigenvalue weighted by Gasteiger charge is -2.24. The number of hydrogen-bond acceptors (Lipinski definition) is 4. The molecule has 0 saturated heterocycles. The third-order valence-electron chi connectivity index (χ3n) is 4.60. The van der Waals surface area contributed by atoms with Gasteiger partial charge < -0.3 is 4.90 Å². The maximum Gasteiger partial charge on any atom is 0.233 e. The third kappa shape index (κ3) is 5.77. The van der Waals surface area contributed by atoms with Gasteiger partial charge in [0.2, 0.25) is 5.91 Å². The number of likely N-dealkylation sites (N-methyl/N-ethyl adjacent to an activating group) is 1. The average molecular weight is 483 g/mol. The van der Waals surface area contributed by atoms with E-state index in [1.165, 1.54) is 0 Å². The molecule has 4 nitrogen and oxygen atoms in total. The largest absolute Gasteiger partial charge is 0.302 e. The molecule has 0 aliphatic rings. The van der Waals surface area contributed by atoms with Crippen molar-refractivity contribution in [1.82, 2.24) is 9.88 Å². The van der Waals surface area contributed by atoms with E-state index >= 15 is 0 Å². The van der Waals surface area contributed by atoms with E-state index in [1.807, 2.05) is 47.4 Å². The van der Waals surface area contributed by atoms with Crippen molar-refractivity contribution in [2.24, 2.45) is 0 Å². The van der Waals surface area contributed by atoms with E-state index < -0.39 is 0 Å². The van der Waals surface area contributed by atoms with Crippen LogP contribution in [0.4, 0.5) is 5.13 Å². The van der Waals surface area contributed by atoms with Gasteiger partial charge in [0.15, 0.2) is 5.13 Å². The fraction of sp³-hybridized carbons (Fsp3) is 0.333. The van der Waals surface area contributed by atoms with Crippen molar-refractivity contribution < 1.29 is 4.79 Å². The number of benzene rings is 2. The maximum absolute atomic E-state index is 13.1. The number of nitrogens with zero attached hydrogens (tertiary/aromatic N) is 3. The summed E-state index contributed by atoms with van der Waals surface area (Å²) in [7, 11) is 0. The van der Waals surface area contributed by atoms with Crippen LogP contribution < -0.4 is 4.90 Å². The van der Waals surface area contributed by atoms with Gasteiger partial charge in [-0.25, -0.2) is 4.98 Å². The molecule has 0 saturated carbocycles. The first-order chi connectivity index (χ1) is 13.1. The normalized spacial score (nSPS) is 10.9. The van der Waals surface area contributed by atoms with Crippen LogP contribution in [0.2, 0.25) is 0 Å². The second kappa shape index (κ2) is 10.9. The molecule has 0 fully saturated rings. The summed E-state index contributed by atoms with van der Waals surface area (Å²) < 4.78 is 2.11. The number of halogens is 2. The smallest absolute Gasteiger partial charge is 0.233 e. The second-order valence-corrected chi connectivity index (χ2v) is 8.27. The van der Waals surface area contributed by atoms with Crippen LogP contribution in [0.3, 0.4) is 0 Å². The third-order valence-corrected chi connectivity index (χ3v) is 6.14. The molecule has 0 atom stereocenters. The topological polar surface area (TPSA) is 36.4 Å². The molecule has 0 aliphatic carbocycles. The van der Waals surface area contributed by atoms with Gasteiger partial charge in [-0.3, -0.25) is 9.69 Å². The fourth-order valence-corrected chi connectivity index (χ4v) is 4.54. The molecule has 0 unspecified atom stereocenters. The first kappa shape index (κ1) is 22.8. The Kier molecular flexibility index (Phi) is 8.89. The number of amides is 1. The molecule has 1 aromatic heterocycles.